The van der Waals surface area contributed by atoms with E-state index >= 15 is 0 Å². The molecular formula is C33H38N2O4. The van der Waals surface area contributed by atoms with E-state index in [1.54, 1.807) is 0 Å². The summed E-state index contributed by atoms with van der Waals surface area (Å²) in [5, 5.41) is 4.40. The molecule has 1 atom stereocenters. The summed E-state index contributed by atoms with van der Waals surface area (Å²) in [7, 11) is 0. The van der Waals surface area contributed by atoms with Crippen LogP contribution in [0.1, 0.15) is 79.8 Å². The molecule has 1 N–H and O–H groups in total. The summed E-state index contributed by atoms with van der Waals surface area (Å²) < 4.78 is 13.5. The summed E-state index contributed by atoms with van der Waals surface area (Å²) >= 11 is 0. The molecule has 1 fully saturated rings. The number of benzene rings is 2. The minimum atomic E-state index is -0.550. The third-order valence-corrected chi connectivity index (χ3v) is 7.54. The highest BCUT2D eigenvalue weighted by atomic mass is 16.6. The van der Waals surface area contributed by atoms with Crippen molar-refractivity contribution in [2.45, 2.75) is 84.4 Å². The highest BCUT2D eigenvalue weighted by molar-refractivity contribution is 5.93. The van der Waals surface area contributed by atoms with Crippen molar-refractivity contribution in [1.29, 1.82) is 0 Å². The first-order chi connectivity index (χ1) is 18.4. The van der Waals surface area contributed by atoms with E-state index < -0.39 is 11.0 Å². The van der Waals surface area contributed by atoms with Gasteiger partial charge in [0.25, 0.3) is 0 Å². The van der Waals surface area contributed by atoms with Crippen molar-refractivity contribution in [3.8, 4) is 0 Å². The van der Waals surface area contributed by atoms with Crippen LogP contribution in [0.4, 0.5) is 0 Å². The Morgan fingerprint density at radius 3 is 2.44 bits per heavy atom. The number of hydrogen-bond acceptors (Lipinski definition) is 4. The van der Waals surface area contributed by atoms with Crippen LogP contribution in [0.5, 0.6) is 0 Å². The van der Waals surface area contributed by atoms with Crippen LogP contribution in [0.2, 0.25) is 0 Å². The summed E-state index contributed by atoms with van der Waals surface area (Å²) in [6.07, 6.45) is 3.91. The highest BCUT2D eigenvalue weighted by Gasteiger charge is 2.52. The molecule has 6 heteroatoms. The van der Waals surface area contributed by atoms with Gasteiger partial charge in [0.2, 0.25) is 5.91 Å². The topological polar surface area (TPSA) is 73.5 Å². The molecular weight excluding hydrogens is 488 g/mol. The SMILES string of the molecule is Cc1ccc(C(NC(=O)C2(c3ccc4c(ccn4CCC(=O)OC(C)(C)C)c3)CC2)c2ccc(C)o2)c(C)c1. The molecule has 39 heavy (non-hydrogen) atoms. The van der Waals surface area contributed by atoms with E-state index in [1.807, 2.05) is 52.1 Å². The summed E-state index contributed by atoms with van der Waals surface area (Å²) in [4.78, 5) is 26.1. The zero-order chi connectivity index (χ0) is 27.9. The fourth-order valence-electron chi connectivity index (χ4n) is 5.40. The zero-order valence-electron chi connectivity index (χ0n) is 23.8. The minimum Gasteiger partial charge on any atom is -0.464 e. The lowest BCUT2D eigenvalue weighted by Crippen LogP contribution is -2.38. The summed E-state index contributed by atoms with van der Waals surface area (Å²) in [6.45, 7) is 12.2. The number of nitrogens with zero attached hydrogens (tertiary/aromatic N) is 1. The Bertz CT molecular complexity index is 1530. The highest BCUT2D eigenvalue weighted by Crippen LogP contribution is 2.49. The second-order valence-corrected chi connectivity index (χ2v) is 11.9. The third kappa shape index (κ3) is 5.65. The first-order valence-electron chi connectivity index (χ1n) is 13.7. The molecule has 1 aliphatic carbocycles. The predicted molar refractivity (Wildman–Crippen MR) is 153 cm³/mol. The zero-order valence-corrected chi connectivity index (χ0v) is 23.8. The van der Waals surface area contributed by atoms with E-state index in [-0.39, 0.29) is 17.9 Å². The fraction of sp³-hybridized carbons (Fsp3) is 0.394. The Labute approximate surface area is 230 Å². The Morgan fingerprint density at radius 1 is 1.03 bits per heavy atom. The molecule has 2 heterocycles. The largest absolute Gasteiger partial charge is 0.464 e. The maximum absolute atomic E-state index is 13.9. The van der Waals surface area contributed by atoms with E-state index in [1.165, 1.54) is 5.56 Å². The van der Waals surface area contributed by atoms with Gasteiger partial charge in [-0.3, -0.25) is 9.59 Å². The van der Waals surface area contributed by atoms with E-state index in [0.717, 1.165) is 52.0 Å². The molecule has 5 rings (SSSR count). The molecule has 204 valence electrons. The van der Waals surface area contributed by atoms with Crippen molar-refractivity contribution in [3.63, 3.8) is 0 Å². The van der Waals surface area contributed by atoms with Gasteiger partial charge in [-0.2, -0.15) is 0 Å². The van der Waals surface area contributed by atoms with Crippen molar-refractivity contribution >= 4 is 22.8 Å². The van der Waals surface area contributed by atoms with Gasteiger partial charge in [0.1, 0.15) is 23.2 Å². The lowest BCUT2D eigenvalue weighted by Gasteiger charge is -2.23. The average molecular weight is 527 g/mol. The molecule has 0 radical (unpaired) electrons. The summed E-state index contributed by atoms with van der Waals surface area (Å²) in [5.41, 5.74) is 4.36. The van der Waals surface area contributed by atoms with Crippen molar-refractivity contribution in [2.24, 2.45) is 0 Å². The van der Waals surface area contributed by atoms with E-state index in [9.17, 15) is 9.59 Å². The second kappa shape index (κ2) is 10.1. The van der Waals surface area contributed by atoms with Crippen LogP contribution in [0.25, 0.3) is 10.9 Å². The number of amides is 1. The number of ether oxygens (including phenoxy) is 1. The molecule has 2 aromatic heterocycles. The number of rotatable bonds is 8. The van der Waals surface area contributed by atoms with Gasteiger partial charge in [-0.15, -0.1) is 0 Å². The van der Waals surface area contributed by atoms with Crippen molar-refractivity contribution in [2.75, 3.05) is 0 Å². The van der Waals surface area contributed by atoms with Crippen LogP contribution < -0.4 is 5.32 Å². The van der Waals surface area contributed by atoms with Gasteiger partial charge >= 0.3 is 5.97 Å². The van der Waals surface area contributed by atoms with Gasteiger partial charge in [-0.25, -0.2) is 0 Å². The number of fused-ring (bicyclic) bond motifs is 1. The van der Waals surface area contributed by atoms with Gasteiger partial charge in [-0.1, -0.05) is 29.8 Å². The Kier molecular flexibility index (Phi) is 6.91. The number of carbonyl (C=O) groups excluding carboxylic acids is 2. The number of carbonyl (C=O) groups is 2. The van der Waals surface area contributed by atoms with Gasteiger partial charge in [-0.05, 0) is 107 Å². The van der Waals surface area contributed by atoms with Gasteiger partial charge in [0.05, 0.1) is 11.8 Å². The molecule has 4 aromatic rings. The Hall–Kier alpha value is -3.80. The predicted octanol–water partition coefficient (Wildman–Crippen LogP) is 6.83. The van der Waals surface area contributed by atoms with Crippen molar-refractivity contribution < 1.29 is 18.7 Å². The average Bonchev–Trinajstić information content (AvgIpc) is 3.41. The number of aromatic nitrogens is 1. The standard InChI is InChI=1S/C33H38N2O4/c1-21-7-10-26(22(2)19-21)30(28-12-8-23(3)38-28)34-31(37)33(15-16-33)25-9-11-27-24(20-25)13-17-35(27)18-14-29(36)39-32(4,5)6/h7-13,17,19-20,30H,14-16,18H2,1-6H3,(H,34,37). The molecule has 0 bridgehead atoms. The molecule has 1 aliphatic rings. The van der Waals surface area contributed by atoms with E-state index in [4.69, 9.17) is 9.15 Å². The summed E-state index contributed by atoms with van der Waals surface area (Å²) in [6, 6.07) is 18.1. The molecule has 1 amide bonds. The number of esters is 1. The van der Waals surface area contributed by atoms with E-state index in [2.05, 4.69) is 60.1 Å². The second-order valence-electron chi connectivity index (χ2n) is 11.9. The van der Waals surface area contributed by atoms with Crippen LogP contribution >= 0.6 is 0 Å². The maximum Gasteiger partial charge on any atom is 0.308 e. The first kappa shape index (κ1) is 26.8. The minimum absolute atomic E-state index is 0.0187. The smallest absolute Gasteiger partial charge is 0.308 e. The third-order valence-electron chi connectivity index (χ3n) is 7.54. The lowest BCUT2D eigenvalue weighted by molar-refractivity contribution is -0.155. The van der Waals surface area contributed by atoms with Crippen molar-refractivity contribution in [1.82, 2.24) is 9.88 Å². The number of aryl methyl sites for hydroxylation is 4. The van der Waals surface area contributed by atoms with Gasteiger partial charge in [0.15, 0.2) is 0 Å². The Balaban J connectivity index is 1.37. The Morgan fingerprint density at radius 2 is 1.79 bits per heavy atom. The summed E-state index contributed by atoms with van der Waals surface area (Å²) in [5.74, 6) is 1.36. The van der Waals surface area contributed by atoms with Crippen LogP contribution in [-0.4, -0.2) is 22.0 Å². The number of nitrogens with one attached hydrogen (secondary N) is 1. The van der Waals surface area contributed by atoms with Crippen LogP contribution in [0.15, 0.2) is 65.2 Å². The normalized spacial score (nSPS) is 15.2. The van der Waals surface area contributed by atoms with Crippen molar-refractivity contribution in [3.05, 3.63) is 94.6 Å². The first-order valence-corrected chi connectivity index (χ1v) is 13.7. The molecule has 6 nitrogen and oxygen atoms in total. The molecule has 0 aliphatic heterocycles. The monoisotopic (exact) mass is 526 g/mol. The maximum atomic E-state index is 13.9. The molecule has 1 unspecified atom stereocenters. The fourth-order valence-corrected chi connectivity index (χ4v) is 5.40. The van der Waals surface area contributed by atoms with Crippen LogP contribution in [-0.2, 0) is 26.3 Å². The van der Waals surface area contributed by atoms with Gasteiger partial charge in [0, 0.05) is 18.3 Å². The lowest BCUT2D eigenvalue weighted by atomic mass is 9.92. The quantitative estimate of drug-likeness (QED) is 0.256. The van der Waals surface area contributed by atoms with E-state index in [0.29, 0.717) is 13.0 Å². The van der Waals surface area contributed by atoms with Crippen LogP contribution in [0.3, 0.4) is 0 Å². The molecule has 0 spiro atoms. The number of furan rings is 1. The molecule has 2 aromatic carbocycles. The number of hydrogen-bond donors (Lipinski definition) is 1. The molecule has 0 saturated heterocycles. The molecule has 1 saturated carbocycles. The van der Waals surface area contributed by atoms with Crippen LogP contribution in [0, 0.1) is 20.8 Å². The van der Waals surface area contributed by atoms with Gasteiger partial charge < -0.3 is 19.0 Å².